The lowest BCUT2D eigenvalue weighted by Crippen LogP contribution is -2.46. The van der Waals surface area contributed by atoms with Crippen LogP contribution in [-0.2, 0) is 12.7 Å². The summed E-state index contributed by atoms with van der Waals surface area (Å²) in [7, 11) is 1.99. The molecule has 0 aromatic heterocycles. The third-order valence-electron chi connectivity index (χ3n) is 4.79. The van der Waals surface area contributed by atoms with Crippen LogP contribution in [0.1, 0.15) is 36.8 Å². The maximum Gasteiger partial charge on any atom is 0.416 e. The van der Waals surface area contributed by atoms with Crippen LogP contribution in [0, 0.1) is 0 Å². The Morgan fingerprint density at radius 1 is 1.17 bits per heavy atom. The summed E-state index contributed by atoms with van der Waals surface area (Å²) in [4.78, 5) is 2.16. The number of piperidine rings is 1. The molecule has 2 atom stereocenters. The lowest BCUT2D eigenvalue weighted by molar-refractivity contribution is -0.137. The van der Waals surface area contributed by atoms with E-state index in [0.717, 1.165) is 18.9 Å². The highest BCUT2D eigenvalue weighted by Crippen LogP contribution is 2.33. The smallest absolute Gasteiger partial charge is 0.311 e. The molecule has 2 aliphatic heterocycles. The zero-order chi connectivity index (χ0) is 15.9. The molecule has 1 aromatic carbocycles. The van der Waals surface area contributed by atoms with Gasteiger partial charge in [0.15, 0.2) is 0 Å². The van der Waals surface area contributed by atoms with Gasteiger partial charge in [-0.3, -0.25) is 4.90 Å². The Bertz CT molecular complexity index is 539. The van der Waals surface area contributed by atoms with Gasteiger partial charge < -0.3 is 5.32 Å². The quantitative estimate of drug-likeness (QED) is 0.844. The van der Waals surface area contributed by atoms with E-state index in [-0.39, 0.29) is 17.4 Å². The molecular weight excluding hydrogens is 348 g/mol. The van der Waals surface area contributed by atoms with E-state index < -0.39 is 11.7 Å². The summed E-state index contributed by atoms with van der Waals surface area (Å²) >= 11 is 5.85. The van der Waals surface area contributed by atoms with Gasteiger partial charge in [0.1, 0.15) is 0 Å². The van der Waals surface area contributed by atoms with Crippen LogP contribution < -0.4 is 5.32 Å². The molecule has 2 saturated heterocycles. The Morgan fingerprint density at radius 3 is 2.35 bits per heavy atom. The molecule has 23 heavy (non-hydrogen) atoms. The average Bonchev–Trinajstić information content (AvgIpc) is 2.75. The Labute approximate surface area is 145 Å². The van der Waals surface area contributed by atoms with Crippen molar-refractivity contribution in [2.75, 3.05) is 7.05 Å². The van der Waals surface area contributed by atoms with E-state index in [9.17, 15) is 13.2 Å². The van der Waals surface area contributed by atoms with Crippen molar-refractivity contribution in [1.29, 1.82) is 0 Å². The van der Waals surface area contributed by atoms with Gasteiger partial charge in [-0.15, -0.1) is 12.4 Å². The Hall–Kier alpha value is -0.490. The van der Waals surface area contributed by atoms with Crippen LogP contribution in [0.5, 0.6) is 0 Å². The molecule has 2 nitrogen and oxygen atoms in total. The van der Waals surface area contributed by atoms with Crippen molar-refractivity contribution in [3.8, 4) is 0 Å². The van der Waals surface area contributed by atoms with E-state index in [2.05, 4.69) is 10.2 Å². The Kier molecular flexibility index (Phi) is 5.88. The summed E-state index contributed by atoms with van der Waals surface area (Å²) in [5.74, 6) is 0. The molecule has 2 fully saturated rings. The fourth-order valence-corrected chi connectivity index (χ4v) is 3.97. The molecule has 0 radical (unpaired) electrons. The van der Waals surface area contributed by atoms with Crippen molar-refractivity contribution in [3.05, 3.63) is 34.3 Å². The summed E-state index contributed by atoms with van der Waals surface area (Å²) < 4.78 is 38.6. The molecule has 1 N–H and O–H groups in total. The van der Waals surface area contributed by atoms with Crippen LogP contribution in [0.25, 0.3) is 0 Å². The normalized spacial score (nSPS) is 27.1. The number of alkyl halides is 3. The second-order valence-corrected chi connectivity index (χ2v) is 6.96. The highest BCUT2D eigenvalue weighted by atomic mass is 35.5. The minimum atomic E-state index is -4.36. The first kappa shape index (κ1) is 18.8. The van der Waals surface area contributed by atoms with Gasteiger partial charge in [0.2, 0.25) is 0 Å². The fourth-order valence-electron chi connectivity index (χ4n) is 3.71. The highest BCUT2D eigenvalue weighted by Gasteiger charge is 2.35. The summed E-state index contributed by atoms with van der Waals surface area (Å²) in [6.07, 6.45) is 0.209. The van der Waals surface area contributed by atoms with Crippen molar-refractivity contribution in [2.45, 2.75) is 56.5 Å². The monoisotopic (exact) mass is 368 g/mol. The minimum Gasteiger partial charge on any atom is -0.311 e. The first-order chi connectivity index (χ1) is 10.3. The van der Waals surface area contributed by atoms with Gasteiger partial charge in [0, 0.05) is 29.7 Å². The van der Waals surface area contributed by atoms with Crippen molar-refractivity contribution in [1.82, 2.24) is 10.2 Å². The van der Waals surface area contributed by atoms with Gasteiger partial charge in [0.25, 0.3) is 0 Å². The van der Waals surface area contributed by atoms with Gasteiger partial charge in [-0.05, 0) is 56.5 Å². The van der Waals surface area contributed by atoms with Crippen LogP contribution in [0.4, 0.5) is 13.2 Å². The minimum absolute atomic E-state index is 0. The number of hydrogen-bond donors (Lipinski definition) is 1. The zero-order valence-corrected chi connectivity index (χ0v) is 14.4. The number of rotatable bonds is 3. The highest BCUT2D eigenvalue weighted by molar-refractivity contribution is 6.30. The van der Waals surface area contributed by atoms with Crippen molar-refractivity contribution < 1.29 is 13.2 Å². The predicted molar refractivity (Wildman–Crippen MR) is 88.1 cm³/mol. The van der Waals surface area contributed by atoms with E-state index in [0.29, 0.717) is 30.2 Å². The topological polar surface area (TPSA) is 15.3 Å². The first-order valence-corrected chi connectivity index (χ1v) is 8.02. The number of benzene rings is 1. The standard InChI is InChI=1S/C16H20ClF3N2.ClH/c1-22(15-7-13-2-3-14(8-15)21-13)9-10-4-11(16(18,19)20)6-12(17)5-10;/h4-6,13-15,21H,2-3,7-9H2,1H3;1H. The van der Waals surface area contributed by atoms with Gasteiger partial charge in [0.05, 0.1) is 5.56 Å². The molecule has 130 valence electrons. The third-order valence-corrected chi connectivity index (χ3v) is 5.01. The van der Waals surface area contributed by atoms with Crippen LogP contribution in [0.2, 0.25) is 5.02 Å². The van der Waals surface area contributed by atoms with Gasteiger partial charge >= 0.3 is 6.18 Å². The molecule has 1 aromatic rings. The van der Waals surface area contributed by atoms with Gasteiger partial charge in [-0.25, -0.2) is 0 Å². The lowest BCUT2D eigenvalue weighted by atomic mass is 9.98. The number of halogens is 5. The van der Waals surface area contributed by atoms with E-state index in [1.807, 2.05) is 7.05 Å². The van der Waals surface area contributed by atoms with Crippen molar-refractivity contribution in [2.24, 2.45) is 0 Å². The van der Waals surface area contributed by atoms with Crippen LogP contribution in [0.15, 0.2) is 18.2 Å². The molecule has 0 saturated carbocycles. The van der Waals surface area contributed by atoms with E-state index in [1.165, 1.54) is 18.9 Å². The Balaban J connectivity index is 0.00000192. The van der Waals surface area contributed by atoms with Crippen LogP contribution in [0.3, 0.4) is 0 Å². The second kappa shape index (κ2) is 7.18. The number of hydrogen-bond acceptors (Lipinski definition) is 2. The van der Waals surface area contributed by atoms with Crippen molar-refractivity contribution >= 4 is 24.0 Å². The number of nitrogens with one attached hydrogen (secondary N) is 1. The number of nitrogens with zero attached hydrogens (tertiary/aromatic N) is 1. The number of fused-ring (bicyclic) bond motifs is 2. The summed E-state index contributed by atoms with van der Waals surface area (Å²) in [6, 6.07) is 5.37. The van der Waals surface area contributed by atoms with Gasteiger partial charge in [-0.1, -0.05) is 11.6 Å². The molecule has 2 aliphatic rings. The van der Waals surface area contributed by atoms with E-state index >= 15 is 0 Å². The molecule has 2 bridgehead atoms. The molecule has 0 aliphatic carbocycles. The average molecular weight is 369 g/mol. The van der Waals surface area contributed by atoms with Crippen molar-refractivity contribution in [3.63, 3.8) is 0 Å². The fraction of sp³-hybridized carbons (Fsp3) is 0.625. The lowest BCUT2D eigenvalue weighted by Gasteiger charge is -2.35. The molecule has 0 amide bonds. The maximum absolute atomic E-state index is 12.9. The largest absolute Gasteiger partial charge is 0.416 e. The molecule has 3 rings (SSSR count). The molecule has 2 heterocycles. The molecule has 2 unspecified atom stereocenters. The molecule has 7 heteroatoms. The predicted octanol–water partition coefficient (Wildman–Crippen LogP) is 4.50. The second-order valence-electron chi connectivity index (χ2n) is 6.52. The van der Waals surface area contributed by atoms with E-state index in [1.54, 1.807) is 6.07 Å². The molecular formula is C16H21Cl2F3N2. The van der Waals surface area contributed by atoms with Gasteiger partial charge in [-0.2, -0.15) is 13.2 Å². The Morgan fingerprint density at radius 2 is 1.78 bits per heavy atom. The van der Waals surface area contributed by atoms with Crippen LogP contribution in [-0.4, -0.2) is 30.1 Å². The van der Waals surface area contributed by atoms with E-state index in [4.69, 9.17) is 11.6 Å². The zero-order valence-electron chi connectivity index (χ0n) is 12.9. The maximum atomic E-state index is 12.9. The first-order valence-electron chi connectivity index (χ1n) is 7.64. The summed E-state index contributed by atoms with van der Waals surface area (Å²) in [5, 5.41) is 3.72. The third kappa shape index (κ3) is 4.53. The molecule has 0 spiro atoms. The summed E-state index contributed by atoms with van der Waals surface area (Å²) in [5.41, 5.74) is -0.0537. The summed E-state index contributed by atoms with van der Waals surface area (Å²) in [6.45, 7) is 0.494. The van der Waals surface area contributed by atoms with Crippen LogP contribution >= 0.6 is 24.0 Å². The SMILES string of the molecule is CN(Cc1cc(Cl)cc(C(F)(F)F)c1)C1CC2CCC(C1)N2.Cl.